The summed E-state index contributed by atoms with van der Waals surface area (Å²) in [7, 11) is 0. The minimum atomic E-state index is -1.18. The summed E-state index contributed by atoms with van der Waals surface area (Å²) in [5, 5.41) is 30.1. The Balaban J connectivity index is 1.03. The molecule has 0 aromatic heterocycles. The molecule has 0 spiro atoms. The van der Waals surface area contributed by atoms with Gasteiger partial charge in [0.25, 0.3) is 0 Å². The number of nitrogens with one attached hydrogen (secondary N) is 4. The summed E-state index contributed by atoms with van der Waals surface area (Å²) in [4.78, 5) is 143. The third-order valence-corrected chi connectivity index (χ3v) is 15.2. The number of phenols is 1. The Morgan fingerprint density at radius 1 is 0.589 bits per heavy atom. The van der Waals surface area contributed by atoms with Crippen LogP contribution in [0.3, 0.4) is 0 Å². The minimum Gasteiger partial charge on any atom is -0.508 e. The smallest absolute Gasteiger partial charge is 0.326 e. The van der Waals surface area contributed by atoms with E-state index in [-0.39, 0.29) is 62.8 Å². The van der Waals surface area contributed by atoms with Crippen LogP contribution in [0.25, 0.3) is 0 Å². The number of likely N-dealkylation sites (tertiary alicyclic amines) is 5. The second-order valence-corrected chi connectivity index (χ2v) is 20.1. The highest BCUT2D eigenvalue weighted by molar-refractivity contribution is 7.80. The average molecular weight is 1060 g/mol. The number of nitrogens with zero attached hydrogens (tertiary/aromatic N) is 5. The van der Waals surface area contributed by atoms with Gasteiger partial charge in [0, 0.05) is 50.7 Å². The van der Waals surface area contributed by atoms with E-state index < -0.39 is 120 Å². The van der Waals surface area contributed by atoms with Gasteiger partial charge in [0.2, 0.25) is 53.2 Å². The molecule has 9 atom stereocenters. The van der Waals surface area contributed by atoms with E-state index in [4.69, 9.17) is 11.5 Å². The zero-order chi connectivity index (χ0) is 52.9. The summed E-state index contributed by atoms with van der Waals surface area (Å²) in [6, 6.07) is -3.00. The van der Waals surface area contributed by atoms with Gasteiger partial charge in [0.1, 0.15) is 54.1 Å². The number of benzene rings is 1. The van der Waals surface area contributed by atoms with E-state index in [2.05, 4.69) is 46.5 Å². The van der Waals surface area contributed by atoms with E-state index in [9.17, 15) is 58.2 Å². The molecule has 0 aliphatic carbocycles. The molecule has 0 bridgehead atoms. The number of carbonyl (C=O) groups is 10. The fourth-order valence-corrected chi connectivity index (χ4v) is 11.1. The minimum absolute atomic E-state index is 0.0177. The highest BCUT2D eigenvalue weighted by Crippen LogP contribution is 2.28. The van der Waals surface area contributed by atoms with Crippen LogP contribution in [0.5, 0.6) is 5.75 Å². The second-order valence-electron chi connectivity index (χ2n) is 19.4. The van der Waals surface area contributed by atoms with Crippen LogP contribution in [-0.4, -0.2) is 206 Å². The van der Waals surface area contributed by atoms with Crippen molar-refractivity contribution in [1.29, 1.82) is 0 Å². The lowest BCUT2D eigenvalue weighted by molar-refractivity contribution is -0.150. The van der Waals surface area contributed by atoms with Crippen LogP contribution in [-0.2, 0) is 54.4 Å². The van der Waals surface area contributed by atoms with Gasteiger partial charge in [0.05, 0.1) is 12.6 Å². The molecule has 5 heterocycles. The Morgan fingerprint density at radius 2 is 1.04 bits per heavy atom. The quantitative estimate of drug-likeness (QED) is 0.0438. The summed E-state index contributed by atoms with van der Waals surface area (Å²) in [6.45, 7) is 1.06. The number of thiol groups is 2. The first-order chi connectivity index (χ1) is 35.0. The first-order valence-electron chi connectivity index (χ1n) is 25.4. The number of unbranched alkanes of at least 4 members (excludes halogenated alkanes) is 1. The number of aromatic hydroxyl groups is 1. The van der Waals surface area contributed by atoms with Crippen LogP contribution >= 0.6 is 25.3 Å². The van der Waals surface area contributed by atoms with Crippen molar-refractivity contribution in [3.05, 3.63) is 29.8 Å². The Hall–Kier alpha value is -5.66. The molecule has 6 rings (SSSR count). The Morgan fingerprint density at radius 3 is 1.53 bits per heavy atom. The maximum absolute atomic E-state index is 14.2. The molecule has 0 unspecified atom stereocenters. The molecular formula is C48H71N11O12S2. The number of carbonyl (C=O) groups excluding carboxylic acids is 9. The number of amides is 9. The fourth-order valence-electron chi connectivity index (χ4n) is 10.6. The zero-order valence-electron chi connectivity index (χ0n) is 41.0. The van der Waals surface area contributed by atoms with E-state index in [0.717, 1.165) is 0 Å². The van der Waals surface area contributed by atoms with Gasteiger partial charge in [-0.2, -0.15) is 25.3 Å². The molecule has 5 saturated heterocycles. The summed E-state index contributed by atoms with van der Waals surface area (Å²) in [6.07, 6.45) is 5.61. The number of aliphatic carboxylic acids is 1. The summed E-state index contributed by atoms with van der Waals surface area (Å²) in [5.41, 5.74) is 12.3. The van der Waals surface area contributed by atoms with Crippen LogP contribution in [0.2, 0.25) is 0 Å². The third kappa shape index (κ3) is 13.9. The van der Waals surface area contributed by atoms with E-state index >= 15 is 0 Å². The topological polar surface area (TPSA) is 328 Å². The van der Waals surface area contributed by atoms with Crippen LogP contribution in [0.15, 0.2) is 24.3 Å². The van der Waals surface area contributed by atoms with Crippen molar-refractivity contribution in [3.63, 3.8) is 0 Å². The van der Waals surface area contributed by atoms with Crippen LogP contribution < -0.4 is 32.7 Å². The standard InChI is InChI=1S/C48H71N11O12S2/c49-18-2-1-8-30(50)40(62)52-31(24-28-14-16-29(60)17-15-28)41(63)51-25-39(61)55-19-5-11-36(55)46(68)56-20-3-9-34(56)42(64)53-32(26-72)44(66)58-22-6-12-37(58)47(69)57-21-4-10-35(57)43(65)54-33(27-73)45(67)59-23-7-13-38(59)48(70)71/h14-17,30-38,60,72-73H,1-13,18-27,49-50H2,(H,51,63)(H,52,62)(H,53,64)(H,54,65)(H,70,71)/t30-,31-,32-,33-,34-,35-,36-,37-,38-/m0/s1. The third-order valence-electron chi connectivity index (χ3n) is 14.5. The zero-order valence-corrected chi connectivity index (χ0v) is 42.8. The van der Waals surface area contributed by atoms with Crippen LogP contribution in [0.4, 0.5) is 0 Å². The van der Waals surface area contributed by atoms with Crippen molar-refractivity contribution in [1.82, 2.24) is 45.8 Å². The molecule has 25 heteroatoms. The van der Waals surface area contributed by atoms with Crippen molar-refractivity contribution in [3.8, 4) is 5.75 Å². The van der Waals surface area contributed by atoms with Crippen LogP contribution in [0, 0.1) is 0 Å². The lowest BCUT2D eigenvalue weighted by Crippen LogP contribution is -2.59. The van der Waals surface area contributed by atoms with Gasteiger partial charge in [-0.05, 0) is 101 Å². The van der Waals surface area contributed by atoms with Crippen molar-refractivity contribution in [2.24, 2.45) is 11.5 Å². The van der Waals surface area contributed by atoms with Crippen LogP contribution in [0.1, 0.15) is 89.0 Å². The van der Waals surface area contributed by atoms with Crippen molar-refractivity contribution in [2.75, 3.05) is 57.3 Å². The molecule has 0 radical (unpaired) electrons. The molecule has 10 N–H and O–H groups in total. The van der Waals surface area contributed by atoms with Gasteiger partial charge in [-0.25, -0.2) is 4.79 Å². The molecule has 23 nitrogen and oxygen atoms in total. The normalized spacial score (nSPS) is 23.4. The molecular weight excluding hydrogens is 987 g/mol. The van der Waals surface area contributed by atoms with E-state index in [1.807, 2.05) is 0 Å². The molecule has 9 amide bonds. The van der Waals surface area contributed by atoms with Gasteiger partial charge < -0.3 is 67.4 Å². The first kappa shape index (κ1) is 56.6. The van der Waals surface area contributed by atoms with Gasteiger partial charge >= 0.3 is 5.97 Å². The largest absolute Gasteiger partial charge is 0.508 e. The van der Waals surface area contributed by atoms with E-state index in [1.54, 1.807) is 12.1 Å². The maximum atomic E-state index is 14.2. The van der Waals surface area contributed by atoms with Crippen molar-refractivity contribution < 1.29 is 58.2 Å². The van der Waals surface area contributed by atoms with Gasteiger partial charge in [-0.3, -0.25) is 43.2 Å². The summed E-state index contributed by atoms with van der Waals surface area (Å²) < 4.78 is 0. The average Bonchev–Trinajstić information content (AvgIpc) is 4.25. The number of nitrogens with two attached hydrogens (primary N) is 2. The first-order valence-corrected chi connectivity index (χ1v) is 26.6. The molecule has 73 heavy (non-hydrogen) atoms. The molecule has 0 saturated carbocycles. The summed E-state index contributed by atoms with van der Waals surface area (Å²) in [5.74, 6) is -6.31. The Kier molecular flexibility index (Phi) is 20.6. The lowest BCUT2D eigenvalue weighted by Gasteiger charge is -2.34. The molecule has 1 aromatic carbocycles. The number of hydrogen-bond acceptors (Lipinski definition) is 15. The monoisotopic (exact) mass is 1060 g/mol. The van der Waals surface area contributed by atoms with Gasteiger partial charge in [0.15, 0.2) is 0 Å². The lowest BCUT2D eigenvalue weighted by atomic mass is 10.0. The predicted molar refractivity (Wildman–Crippen MR) is 271 cm³/mol. The summed E-state index contributed by atoms with van der Waals surface area (Å²) >= 11 is 8.65. The number of hydrogen-bond donors (Lipinski definition) is 10. The predicted octanol–water partition coefficient (Wildman–Crippen LogP) is -2.14. The van der Waals surface area contributed by atoms with E-state index in [1.165, 1.54) is 36.6 Å². The van der Waals surface area contributed by atoms with Crippen molar-refractivity contribution in [2.45, 2.75) is 144 Å². The highest BCUT2D eigenvalue weighted by Gasteiger charge is 2.47. The maximum Gasteiger partial charge on any atom is 0.326 e. The second kappa shape index (κ2) is 26.5. The van der Waals surface area contributed by atoms with Gasteiger partial charge in [-0.1, -0.05) is 18.6 Å². The highest BCUT2D eigenvalue weighted by atomic mass is 32.1. The Bertz CT molecular complexity index is 2210. The number of carboxylic acids is 1. The Labute approximate surface area is 435 Å². The number of rotatable bonds is 22. The molecule has 5 aliphatic rings. The van der Waals surface area contributed by atoms with Gasteiger partial charge in [-0.15, -0.1) is 0 Å². The molecule has 402 valence electrons. The molecule has 5 fully saturated rings. The fraction of sp³-hybridized carbons (Fsp3) is 0.667. The van der Waals surface area contributed by atoms with E-state index in [0.29, 0.717) is 89.2 Å². The number of phenolic OH excluding ortho intramolecular Hbond substituents is 1. The molecule has 1 aromatic rings. The number of carboxylic acid groups (broad SMARTS) is 1. The SMILES string of the molecule is NCCCC[C@H](N)C(=O)N[C@@H](Cc1ccc(O)cc1)C(=O)NCC(=O)N1CCC[C@H]1C(=O)N1CCC[C@H]1C(=O)N[C@@H](CS)C(=O)N1CCC[C@H]1C(=O)N1CCC[C@H]1C(=O)N[C@@H](CS)C(=O)N1CCC[C@H]1C(=O)O. The van der Waals surface area contributed by atoms with Crippen molar-refractivity contribution >= 4 is 84.4 Å². The molecule has 5 aliphatic heterocycles.